The maximum Gasteiger partial charge on any atom is 0.293 e. The summed E-state index contributed by atoms with van der Waals surface area (Å²) >= 11 is 0. The molecule has 18 heavy (non-hydrogen) atoms. The van der Waals surface area contributed by atoms with Crippen molar-refractivity contribution in [1.82, 2.24) is 0 Å². The van der Waals surface area contributed by atoms with Gasteiger partial charge in [0.25, 0.3) is 5.69 Å². The molecule has 0 radical (unpaired) electrons. The van der Waals surface area contributed by atoms with Gasteiger partial charge in [0, 0.05) is 6.07 Å². The van der Waals surface area contributed by atoms with Gasteiger partial charge >= 0.3 is 0 Å². The highest BCUT2D eigenvalue weighted by molar-refractivity contribution is 6.05. The minimum Gasteiger partial charge on any atom is -0.320 e. The fourth-order valence-electron chi connectivity index (χ4n) is 2.68. The Bertz CT molecular complexity index is 495. The van der Waals surface area contributed by atoms with Gasteiger partial charge in [-0.3, -0.25) is 14.9 Å². The molecule has 0 aliphatic carbocycles. The lowest BCUT2D eigenvalue weighted by atomic mass is 9.83. The molecule has 1 amide bonds. The Morgan fingerprint density at radius 2 is 2.06 bits per heavy atom. The zero-order valence-electron chi connectivity index (χ0n) is 10.5. The van der Waals surface area contributed by atoms with Crippen molar-refractivity contribution < 1.29 is 9.72 Å². The molecule has 1 aliphatic heterocycles. The number of nitro groups is 1. The van der Waals surface area contributed by atoms with E-state index < -0.39 is 4.92 Å². The van der Waals surface area contributed by atoms with E-state index in [1.54, 1.807) is 6.07 Å². The molecular weight excluding hydrogens is 232 g/mol. The van der Waals surface area contributed by atoms with E-state index in [0.717, 1.165) is 18.4 Å². The fraction of sp³-hybridized carbons (Fsp3) is 0.462. The van der Waals surface area contributed by atoms with Crippen LogP contribution in [0.1, 0.15) is 38.2 Å². The van der Waals surface area contributed by atoms with E-state index in [0.29, 0.717) is 5.69 Å². The SMILES string of the molecule is CCC(CC)C1C(=O)Nc2c1cccc2[N+](=O)[O-]. The molecule has 0 bridgehead atoms. The second kappa shape index (κ2) is 4.76. The van der Waals surface area contributed by atoms with Gasteiger partial charge in [-0.15, -0.1) is 0 Å². The van der Waals surface area contributed by atoms with E-state index in [9.17, 15) is 14.9 Å². The summed E-state index contributed by atoms with van der Waals surface area (Å²) in [6, 6.07) is 4.88. The lowest BCUT2D eigenvalue weighted by Crippen LogP contribution is -2.20. The van der Waals surface area contributed by atoms with Gasteiger partial charge in [0.2, 0.25) is 5.91 Å². The summed E-state index contributed by atoms with van der Waals surface area (Å²) in [6.07, 6.45) is 1.77. The molecule has 0 saturated carbocycles. The van der Waals surface area contributed by atoms with Crippen molar-refractivity contribution in [3.8, 4) is 0 Å². The third-order valence-electron chi connectivity index (χ3n) is 3.66. The largest absolute Gasteiger partial charge is 0.320 e. The average molecular weight is 248 g/mol. The first-order chi connectivity index (χ1) is 8.60. The zero-order chi connectivity index (χ0) is 13.3. The van der Waals surface area contributed by atoms with Crippen molar-refractivity contribution in [2.75, 3.05) is 5.32 Å². The van der Waals surface area contributed by atoms with Gasteiger partial charge in [0.15, 0.2) is 0 Å². The van der Waals surface area contributed by atoms with E-state index in [4.69, 9.17) is 0 Å². The van der Waals surface area contributed by atoms with Gasteiger partial charge in [0.1, 0.15) is 5.69 Å². The number of amides is 1. The van der Waals surface area contributed by atoms with Crippen molar-refractivity contribution in [1.29, 1.82) is 0 Å². The number of carbonyl (C=O) groups excluding carboxylic acids is 1. The number of anilines is 1. The predicted molar refractivity (Wildman–Crippen MR) is 68.5 cm³/mol. The maximum atomic E-state index is 12.0. The van der Waals surface area contributed by atoms with Crippen LogP contribution in [0.15, 0.2) is 18.2 Å². The van der Waals surface area contributed by atoms with Crippen molar-refractivity contribution in [3.05, 3.63) is 33.9 Å². The monoisotopic (exact) mass is 248 g/mol. The number of hydrogen-bond acceptors (Lipinski definition) is 3. The van der Waals surface area contributed by atoms with Crippen LogP contribution in [0.2, 0.25) is 0 Å². The summed E-state index contributed by atoms with van der Waals surface area (Å²) in [6.45, 7) is 4.08. The summed E-state index contributed by atoms with van der Waals surface area (Å²) in [5, 5.41) is 13.6. The second-order valence-electron chi connectivity index (χ2n) is 4.54. The van der Waals surface area contributed by atoms with E-state index >= 15 is 0 Å². The smallest absolute Gasteiger partial charge is 0.293 e. The Morgan fingerprint density at radius 3 is 2.61 bits per heavy atom. The lowest BCUT2D eigenvalue weighted by Gasteiger charge is -2.18. The fourth-order valence-corrected chi connectivity index (χ4v) is 2.68. The zero-order valence-corrected chi connectivity index (χ0v) is 10.5. The number of rotatable bonds is 4. The number of nitrogens with one attached hydrogen (secondary N) is 1. The summed E-state index contributed by atoms with van der Waals surface area (Å²) in [5.74, 6) is -0.142. The Labute approximate surface area is 105 Å². The summed E-state index contributed by atoms with van der Waals surface area (Å²) in [4.78, 5) is 22.5. The third kappa shape index (κ3) is 1.85. The summed E-state index contributed by atoms with van der Waals surface area (Å²) in [7, 11) is 0. The molecule has 5 nitrogen and oxygen atoms in total. The van der Waals surface area contributed by atoms with Crippen LogP contribution in [-0.2, 0) is 4.79 Å². The molecule has 1 aromatic rings. The molecule has 0 saturated heterocycles. The molecule has 1 aromatic carbocycles. The van der Waals surface area contributed by atoms with E-state index in [-0.39, 0.29) is 23.4 Å². The first-order valence-corrected chi connectivity index (χ1v) is 6.18. The highest BCUT2D eigenvalue weighted by Crippen LogP contribution is 2.43. The molecule has 0 spiro atoms. The van der Waals surface area contributed by atoms with Crippen LogP contribution in [0.3, 0.4) is 0 Å². The number of benzene rings is 1. The van der Waals surface area contributed by atoms with Crippen LogP contribution in [0.4, 0.5) is 11.4 Å². The molecule has 0 aromatic heterocycles. The molecule has 5 heteroatoms. The van der Waals surface area contributed by atoms with Gasteiger partial charge < -0.3 is 5.32 Å². The molecular formula is C13H16N2O3. The third-order valence-corrected chi connectivity index (χ3v) is 3.66. The highest BCUT2D eigenvalue weighted by atomic mass is 16.6. The Kier molecular flexibility index (Phi) is 3.32. The van der Waals surface area contributed by atoms with E-state index in [1.165, 1.54) is 6.07 Å². The second-order valence-corrected chi connectivity index (χ2v) is 4.54. The normalized spacial score (nSPS) is 17.7. The van der Waals surface area contributed by atoms with Crippen LogP contribution in [0.5, 0.6) is 0 Å². The minimum atomic E-state index is -0.450. The minimum absolute atomic E-state index is 0.0192. The number of fused-ring (bicyclic) bond motifs is 1. The van der Waals surface area contributed by atoms with Crippen molar-refractivity contribution in [2.24, 2.45) is 5.92 Å². The van der Waals surface area contributed by atoms with Crippen molar-refractivity contribution in [2.45, 2.75) is 32.6 Å². The molecule has 1 unspecified atom stereocenters. The molecule has 2 rings (SSSR count). The van der Waals surface area contributed by atoms with E-state index in [1.807, 2.05) is 19.9 Å². The number of carbonyl (C=O) groups is 1. The highest BCUT2D eigenvalue weighted by Gasteiger charge is 2.38. The van der Waals surface area contributed by atoms with Gasteiger partial charge in [-0.1, -0.05) is 38.8 Å². The van der Waals surface area contributed by atoms with Crippen LogP contribution in [-0.4, -0.2) is 10.8 Å². The standard InChI is InChI=1S/C13H16N2O3/c1-3-8(4-2)11-9-6-5-7-10(15(17)18)12(9)14-13(11)16/h5-8,11H,3-4H2,1-2H3,(H,14,16). The first kappa shape index (κ1) is 12.5. The average Bonchev–Trinajstić information content (AvgIpc) is 2.67. The van der Waals surface area contributed by atoms with E-state index in [2.05, 4.69) is 5.32 Å². The van der Waals surface area contributed by atoms with Crippen molar-refractivity contribution >= 4 is 17.3 Å². The maximum absolute atomic E-state index is 12.0. The number of nitrogens with zero attached hydrogens (tertiary/aromatic N) is 1. The number of hydrogen-bond donors (Lipinski definition) is 1. The van der Waals surface area contributed by atoms with Crippen LogP contribution >= 0.6 is 0 Å². The number of nitro benzene ring substituents is 1. The molecule has 1 atom stereocenters. The molecule has 1 N–H and O–H groups in total. The number of para-hydroxylation sites is 1. The van der Waals surface area contributed by atoms with Crippen LogP contribution < -0.4 is 5.32 Å². The Morgan fingerprint density at radius 1 is 1.39 bits per heavy atom. The Balaban J connectivity index is 2.50. The van der Waals surface area contributed by atoms with Gasteiger partial charge in [-0.25, -0.2) is 0 Å². The van der Waals surface area contributed by atoms with Crippen LogP contribution in [0.25, 0.3) is 0 Å². The summed E-state index contributed by atoms with van der Waals surface area (Å²) in [5.41, 5.74) is 1.13. The predicted octanol–water partition coefficient (Wildman–Crippen LogP) is 3.07. The Hall–Kier alpha value is -1.91. The molecule has 1 heterocycles. The summed E-state index contributed by atoms with van der Waals surface area (Å²) < 4.78 is 0. The molecule has 96 valence electrons. The topological polar surface area (TPSA) is 72.2 Å². The quantitative estimate of drug-likeness (QED) is 0.657. The van der Waals surface area contributed by atoms with Crippen molar-refractivity contribution in [3.63, 3.8) is 0 Å². The first-order valence-electron chi connectivity index (χ1n) is 6.18. The molecule has 1 aliphatic rings. The van der Waals surface area contributed by atoms with Crippen LogP contribution in [0, 0.1) is 16.0 Å². The van der Waals surface area contributed by atoms with Gasteiger partial charge in [-0.05, 0) is 11.5 Å². The lowest BCUT2D eigenvalue weighted by molar-refractivity contribution is -0.383. The van der Waals surface area contributed by atoms with Gasteiger partial charge in [0.05, 0.1) is 10.8 Å². The molecule has 0 fully saturated rings. The van der Waals surface area contributed by atoms with Gasteiger partial charge in [-0.2, -0.15) is 0 Å².